The number of ether oxygens (including phenoxy) is 4. The minimum Gasteiger partial charge on any atom is -0.497 e. The Kier molecular flexibility index (Phi) is 10.9. The molecule has 4 aromatic rings. The lowest BCUT2D eigenvalue weighted by Crippen LogP contribution is -2.79. The molecule has 2 amide bonds. The predicted octanol–water partition coefficient (Wildman–Crippen LogP) is 7.31. The average molecular weight is 825 g/mol. The molecule has 4 aromatic carbocycles. The van der Waals surface area contributed by atoms with Crippen molar-refractivity contribution in [2.75, 3.05) is 20.8 Å². The van der Waals surface area contributed by atoms with Crippen molar-refractivity contribution in [1.82, 2.24) is 10.2 Å². The number of likely N-dealkylation sites (tertiary alicyclic amines) is 1. The first kappa shape index (κ1) is 40.0. The molecular formula is C47H40N2O10S. The van der Waals surface area contributed by atoms with E-state index in [1.165, 1.54) is 19.2 Å². The van der Waals surface area contributed by atoms with Crippen LogP contribution in [0.15, 0.2) is 141 Å². The van der Waals surface area contributed by atoms with E-state index in [1.54, 1.807) is 55.6 Å². The predicted molar refractivity (Wildman–Crippen MR) is 227 cm³/mol. The molecule has 8 rings (SSSR count). The molecule has 0 spiro atoms. The van der Waals surface area contributed by atoms with Crippen LogP contribution in [0.2, 0.25) is 0 Å². The number of hydrogen-bond acceptors (Lipinski definition) is 10. The number of carbonyl (C=O) groups excluding carboxylic acids is 2. The molecular weight excluding hydrogens is 785 g/mol. The number of nitrogens with one attached hydrogen (secondary N) is 1. The molecule has 2 aliphatic carbocycles. The molecule has 0 bridgehead atoms. The van der Waals surface area contributed by atoms with Gasteiger partial charge in [0.2, 0.25) is 5.91 Å². The summed E-state index contributed by atoms with van der Waals surface area (Å²) in [4.78, 5) is 52.7. The molecule has 4 aliphatic rings. The number of allylic oxidation sites excluding steroid dienone is 1. The van der Waals surface area contributed by atoms with E-state index in [0.717, 1.165) is 55.0 Å². The summed E-state index contributed by atoms with van der Waals surface area (Å²) in [5.74, 6) is -0.344. The second kappa shape index (κ2) is 16.4. The van der Waals surface area contributed by atoms with Crippen LogP contribution in [0.4, 0.5) is 0 Å². The normalized spacial score (nSPS) is 17.4. The molecule has 60 heavy (non-hydrogen) atoms. The van der Waals surface area contributed by atoms with Gasteiger partial charge in [0.25, 0.3) is 11.6 Å². The maximum absolute atomic E-state index is 13.7. The molecule has 1 fully saturated rings. The van der Waals surface area contributed by atoms with E-state index in [2.05, 4.69) is 17.9 Å². The summed E-state index contributed by atoms with van der Waals surface area (Å²) >= 11 is 4.55. The van der Waals surface area contributed by atoms with Gasteiger partial charge in [-0.05, 0) is 89.7 Å². The Morgan fingerprint density at radius 2 is 1.58 bits per heavy atom. The van der Waals surface area contributed by atoms with Gasteiger partial charge in [-0.2, -0.15) is 0 Å². The zero-order valence-corrected chi connectivity index (χ0v) is 33.8. The molecule has 0 aromatic heterocycles. The number of carboxylic acids is 1. The third-order valence-electron chi connectivity index (χ3n) is 10.6. The SMILES string of the molecule is COc1ccc(-c2c3ccc(=O)cc-3oc3cc(OCc4ccc(OC/C(C5=CC5)=C(\C(=O)O)N5C(=O)[C@](NC(=O)Cc6ccccc6)(OC)[C@H]5S)cc4)ccc23)c(C)c1. The molecule has 2 heterocycles. The summed E-state index contributed by atoms with van der Waals surface area (Å²) in [5, 5.41) is 12.7. The van der Waals surface area contributed by atoms with Crippen LogP contribution in [-0.2, 0) is 32.1 Å². The number of carbonyl (C=O) groups is 3. The van der Waals surface area contributed by atoms with Crippen LogP contribution in [0.1, 0.15) is 23.1 Å². The highest BCUT2D eigenvalue weighted by atomic mass is 32.1. The van der Waals surface area contributed by atoms with Gasteiger partial charge in [0.1, 0.15) is 52.9 Å². The molecule has 2 atom stereocenters. The summed E-state index contributed by atoms with van der Waals surface area (Å²) in [7, 11) is 2.89. The van der Waals surface area contributed by atoms with E-state index in [1.807, 2.05) is 61.5 Å². The van der Waals surface area contributed by atoms with Crippen molar-refractivity contribution < 1.29 is 42.9 Å². The number of rotatable bonds is 15. The van der Waals surface area contributed by atoms with Crippen molar-refractivity contribution in [1.29, 1.82) is 0 Å². The van der Waals surface area contributed by atoms with Crippen LogP contribution >= 0.6 is 12.6 Å². The van der Waals surface area contributed by atoms with Crippen LogP contribution in [0.3, 0.4) is 0 Å². The summed E-state index contributed by atoms with van der Waals surface area (Å²) in [5.41, 5.74) is 4.61. The van der Waals surface area contributed by atoms with Crippen molar-refractivity contribution in [2.24, 2.45) is 0 Å². The molecule has 304 valence electrons. The Bertz CT molecular complexity index is 2740. The Hall–Kier alpha value is -6.83. The highest BCUT2D eigenvalue weighted by Gasteiger charge is 2.64. The van der Waals surface area contributed by atoms with Crippen LogP contribution < -0.4 is 25.0 Å². The maximum Gasteiger partial charge on any atom is 0.353 e. The zero-order valence-electron chi connectivity index (χ0n) is 32.9. The zero-order chi connectivity index (χ0) is 42.1. The van der Waals surface area contributed by atoms with E-state index in [-0.39, 0.29) is 30.8 Å². The van der Waals surface area contributed by atoms with Gasteiger partial charge in [-0.15, -0.1) is 12.6 Å². The topological polar surface area (TPSA) is 154 Å². The third kappa shape index (κ3) is 7.72. The standard InChI is InChI=1S/C47H40N2O10S/c1-27-21-33(55-2)16-19-35(27)42-36-18-13-31(50)23-39(36)59-40-24-34(17-20-37(40)42)57-25-29-9-14-32(15-10-29)58-26-38(30-11-12-30)43(44(52)53)49-45(54)47(56-3,46(49)60)48-41(51)22-28-7-5-4-6-8-28/h4-11,13-21,23-24,46,60H,12,22,25-26H2,1-3H3,(H,48,51)(H,52,53)/b43-38-/t46-,47+/m1/s1. The number of fused-ring (bicyclic) bond motifs is 2. The van der Waals surface area contributed by atoms with Gasteiger partial charge < -0.3 is 33.8 Å². The molecule has 12 nitrogen and oxygen atoms in total. The Balaban J connectivity index is 0.962. The number of benzene rings is 5. The highest BCUT2D eigenvalue weighted by Crippen LogP contribution is 2.44. The smallest absolute Gasteiger partial charge is 0.353 e. The van der Waals surface area contributed by atoms with Crippen LogP contribution in [0, 0.1) is 6.92 Å². The van der Waals surface area contributed by atoms with Crippen LogP contribution in [0.25, 0.3) is 33.4 Å². The second-order valence-corrected chi connectivity index (χ2v) is 14.9. The van der Waals surface area contributed by atoms with Gasteiger partial charge in [-0.3, -0.25) is 19.3 Å². The third-order valence-corrected chi connectivity index (χ3v) is 11.2. The number of aliphatic carboxylic acids is 1. The molecule has 0 unspecified atom stereocenters. The summed E-state index contributed by atoms with van der Waals surface area (Å²) in [6.45, 7) is 2.09. The first-order chi connectivity index (χ1) is 29.0. The van der Waals surface area contributed by atoms with Crippen molar-refractivity contribution >= 4 is 41.4 Å². The molecule has 1 saturated heterocycles. The monoisotopic (exact) mass is 824 g/mol. The number of methoxy groups -OCH3 is 2. The molecule has 13 heteroatoms. The lowest BCUT2D eigenvalue weighted by molar-refractivity contribution is -0.192. The Labute approximate surface area is 350 Å². The van der Waals surface area contributed by atoms with Gasteiger partial charge in [0.15, 0.2) is 5.43 Å². The summed E-state index contributed by atoms with van der Waals surface area (Å²) < 4.78 is 29.4. The molecule has 2 aliphatic heterocycles. The van der Waals surface area contributed by atoms with E-state index < -0.39 is 28.9 Å². The number of aryl methyl sites for hydroxylation is 1. The lowest BCUT2D eigenvalue weighted by atomic mass is 9.91. The molecule has 0 saturated carbocycles. The van der Waals surface area contributed by atoms with Crippen LogP contribution in [0.5, 0.6) is 17.2 Å². The first-order valence-electron chi connectivity index (χ1n) is 19.1. The lowest BCUT2D eigenvalue weighted by Gasteiger charge is -2.52. The van der Waals surface area contributed by atoms with Gasteiger partial charge in [-0.1, -0.05) is 54.6 Å². The van der Waals surface area contributed by atoms with Gasteiger partial charge in [0.05, 0.1) is 13.5 Å². The summed E-state index contributed by atoms with van der Waals surface area (Å²) in [6, 6.07) is 32.5. The van der Waals surface area contributed by atoms with E-state index >= 15 is 0 Å². The molecule has 0 radical (unpaired) electrons. The van der Waals surface area contributed by atoms with Crippen molar-refractivity contribution in [3.63, 3.8) is 0 Å². The maximum atomic E-state index is 13.7. The fourth-order valence-electron chi connectivity index (χ4n) is 7.40. The highest BCUT2D eigenvalue weighted by molar-refractivity contribution is 7.81. The molecule has 2 N–H and O–H groups in total. The Morgan fingerprint density at radius 3 is 2.25 bits per heavy atom. The van der Waals surface area contributed by atoms with Crippen molar-refractivity contribution in [3.05, 3.63) is 159 Å². The average Bonchev–Trinajstić information content (AvgIpc) is 4.10. The number of thiol groups is 1. The Morgan fingerprint density at radius 1 is 0.867 bits per heavy atom. The van der Waals surface area contributed by atoms with Crippen molar-refractivity contribution in [3.8, 4) is 39.7 Å². The number of nitrogens with zero attached hydrogens (tertiary/aromatic N) is 1. The fraction of sp³-hybridized carbons (Fsp3) is 0.191. The number of amides is 2. The van der Waals surface area contributed by atoms with Crippen LogP contribution in [-0.4, -0.2) is 59.7 Å². The summed E-state index contributed by atoms with van der Waals surface area (Å²) in [6.07, 6.45) is 2.37. The van der Waals surface area contributed by atoms with E-state index in [0.29, 0.717) is 34.8 Å². The largest absolute Gasteiger partial charge is 0.497 e. The first-order valence-corrected chi connectivity index (χ1v) is 19.6. The van der Waals surface area contributed by atoms with Gasteiger partial charge >= 0.3 is 5.97 Å². The van der Waals surface area contributed by atoms with E-state index in [4.69, 9.17) is 23.4 Å². The number of hydrogen-bond donors (Lipinski definition) is 3. The number of carboxylic acid groups (broad SMARTS) is 1. The van der Waals surface area contributed by atoms with Gasteiger partial charge in [0, 0.05) is 41.3 Å². The fourth-order valence-corrected chi connectivity index (χ4v) is 7.90. The van der Waals surface area contributed by atoms with Gasteiger partial charge in [-0.25, -0.2) is 4.79 Å². The quantitative estimate of drug-likeness (QED) is 0.0316. The van der Waals surface area contributed by atoms with Crippen molar-refractivity contribution in [2.45, 2.75) is 37.5 Å². The minimum absolute atomic E-state index is 0.00682. The van der Waals surface area contributed by atoms with E-state index in [9.17, 15) is 24.3 Å². The second-order valence-electron chi connectivity index (χ2n) is 14.5. The minimum atomic E-state index is -1.85. The number of β-lactam (4-membered cyclic amide) rings is 1.